The number of terminal acetylenes is 1. The molecule has 0 aliphatic carbocycles. The summed E-state index contributed by atoms with van der Waals surface area (Å²) < 4.78 is 26.6. The van der Waals surface area contributed by atoms with Crippen LogP contribution in [0.3, 0.4) is 0 Å². The highest BCUT2D eigenvalue weighted by Gasteiger charge is 2.24. The van der Waals surface area contributed by atoms with Crippen LogP contribution in [0.1, 0.15) is 12.5 Å². The first-order valence-corrected chi connectivity index (χ1v) is 7.62. The molecule has 0 spiro atoms. The van der Waals surface area contributed by atoms with Gasteiger partial charge in [0.1, 0.15) is 0 Å². The van der Waals surface area contributed by atoms with Crippen LogP contribution >= 0.6 is 15.9 Å². The number of sulfonamides is 1. The number of nitrogens with two attached hydrogens (primary N) is 1. The zero-order valence-corrected chi connectivity index (χ0v) is 12.5. The highest BCUT2D eigenvalue weighted by Crippen LogP contribution is 2.26. The minimum atomic E-state index is -3.59. The second-order valence-electron chi connectivity index (χ2n) is 3.60. The van der Waals surface area contributed by atoms with E-state index in [1.807, 2.05) is 0 Å². The molecule has 18 heavy (non-hydrogen) atoms. The van der Waals surface area contributed by atoms with Crippen molar-refractivity contribution in [3.63, 3.8) is 0 Å². The number of rotatable bonds is 5. The second kappa shape index (κ2) is 6.34. The van der Waals surface area contributed by atoms with Crippen LogP contribution in [0.25, 0.3) is 0 Å². The van der Waals surface area contributed by atoms with E-state index in [2.05, 4.69) is 21.9 Å². The predicted octanol–water partition coefficient (Wildman–Crippen LogP) is 1.55. The molecule has 0 amide bonds. The van der Waals surface area contributed by atoms with E-state index in [1.165, 1.54) is 4.31 Å². The lowest BCUT2D eigenvalue weighted by molar-refractivity contribution is 0.463. The fourth-order valence-corrected chi connectivity index (χ4v) is 3.82. The van der Waals surface area contributed by atoms with E-state index in [0.29, 0.717) is 11.0 Å². The van der Waals surface area contributed by atoms with E-state index in [1.54, 1.807) is 25.1 Å². The molecule has 0 fully saturated rings. The lowest BCUT2D eigenvalue weighted by Crippen LogP contribution is -2.31. The van der Waals surface area contributed by atoms with Gasteiger partial charge >= 0.3 is 0 Å². The van der Waals surface area contributed by atoms with Crippen molar-refractivity contribution in [2.45, 2.75) is 18.4 Å². The Morgan fingerprint density at radius 2 is 2.17 bits per heavy atom. The molecule has 1 rings (SSSR count). The van der Waals surface area contributed by atoms with E-state index in [-0.39, 0.29) is 18.0 Å². The van der Waals surface area contributed by atoms with Crippen molar-refractivity contribution >= 4 is 26.0 Å². The van der Waals surface area contributed by atoms with Gasteiger partial charge in [0.15, 0.2) is 0 Å². The minimum absolute atomic E-state index is 0.0537. The normalized spacial score (nSPS) is 11.5. The molecule has 0 aliphatic heterocycles. The zero-order valence-electron chi connectivity index (χ0n) is 10.1. The monoisotopic (exact) mass is 330 g/mol. The first-order valence-electron chi connectivity index (χ1n) is 5.39. The number of hydrogen-bond donors (Lipinski definition) is 1. The molecule has 98 valence electrons. The number of nitrogens with zero attached hydrogens (tertiary/aromatic N) is 1. The molecule has 0 unspecified atom stereocenters. The number of benzene rings is 1. The Labute approximate surface area is 116 Å². The molecule has 0 aromatic heterocycles. The van der Waals surface area contributed by atoms with Crippen LogP contribution in [0.15, 0.2) is 27.6 Å². The van der Waals surface area contributed by atoms with Gasteiger partial charge in [0.2, 0.25) is 10.0 Å². The van der Waals surface area contributed by atoms with Gasteiger partial charge in [0, 0.05) is 17.6 Å². The predicted molar refractivity (Wildman–Crippen MR) is 75.3 cm³/mol. The Morgan fingerprint density at radius 3 is 2.67 bits per heavy atom. The molecule has 0 aliphatic rings. The molecule has 1 aromatic carbocycles. The van der Waals surface area contributed by atoms with Crippen molar-refractivity contribution in [3.05, 3.63) is 28.2 Å². The molecule has 0 heterocycles. The molecule has 1 aromatic rings. The van der Waals surface area contributed by atoms with Crippen LogP contribution in [0.5, 0.6) is 0 Å². The molecule has 0 saturated heterocycles. The fourth-order valence-electron chi connectivity index (χ4n) is 1.48. The van der Waals surface area contributed by atoms with Gasteiger partial charge in [-0.25, -0.2) is 8.42 Å². The van der Waals surface area contributed by atoms with Crippen LogP contribution in [0.4, 0.5) is 0 Å². The van der Waals surface area contributed by atoms with E-state index in [0.717, 1.165) is 5.56 Å². The summed E-state index contributed by atoms with van der Waals surface area (Å²) in [6, 6.07) is 5.03. The molecular weight excluding hydrogens is 316 g/mol. The number of halogens is 1. The highest BCUT2D eigenvalue weighted by atomic mass is 79.9. The maximum Gasteiger partial charge on any atom is 0.245 e. The topological polar surface area (TPSA) is 63.4 Å². The standard InChI is InChI=1S/C12H15BrN2O2S/c1-3-7-15(4-2)18(16,17)12-8-10(9-14)5-6-11(12)13/h1,5-6,8H,4,7,9,14H2,2H3. The van der Waals surface area contributed by atoms with E-state index in [9.17, 15) is 8.42 Å². The third kappa shape index (κ3) is 3.12. The molecule has 0 atom stereocenters. The summed E-state index contributed by atoms with van der Waals surface area (Å²) >= 11 is 3.25. The van der Waals surface area contributed by atoms with Crippen LogP contribution < -0.4 is 5.73 Å². The SMILES string of the molecule is C#CCN(CC)S(=O)(=O)c1cc(CN)ccc1Br. The minimum Gasteiger partial charge on any atom is -0.326 e. The Kier molecular flexibility index (Phi) is 5.35. The lowest BCUT2D eigenvalue weighted by atomic mass is 10.2. The van der Waals surface area contributed by atoms with Crippen molar-refractivity contribution in [2.75, 3.05) is 13.1 Å². The van der Waals surface area contributed by atoms with Crippen LogP contribution in [-0.2, 0) is 16.6 Å². The Bertz CT molecular complexity index is 564. The summed E-state index contributed by atoms with van der Waals surface area (Å²) in [6.45, 7) is 2.41. The average molecular weight is 331 g/mol. The third-order valence-corrected chi connectivity index (χ3v) is 5.38. The van der Waals surface area contributed by atoms with Crippen molar-refractivity contribution < 1.29 is 8.42 Å². The molecule has 0 bridgehead atoms. The first-order chi connectivity index (χ1) is 8.47. The largest absolute Gasteiger partial charge is 0.326 e. The second-order valence-corrected chi connectivity index (χ2v) is 6.36. The summed E-state index contributed by atoms with van der Waals surface area (Å²) in [5.74, 6) is 2.35. The summed E-state index contributed by atoms with van der Waals surface area (Å²) in [5, 5.41) is 0. The van der Waals surface area contributed by atoms with Gasteiger partial charge in [-0.2, -0.15) is 4.31 Å². The molecule has 6 heteroatoms. The van der Waals surface area contributed by atoms with Crippen molar-refractivity contribution in [1.29, 1.82) is 0 Å². The zero-order chi connectivity index (χ0) is 13.8. The first kappa shape index (κ1) is 15.2. The van der Waals surface area contributed by atoms with Crippen LogP contribution in [-0.4, -0.2) is 25.8 Å². The Hall–Kier alpha value is -0.870. The van der Waals surface area contributed by atoms with E-state index >= 15 is 0 Å². The molecule has 0 radical (unpaired) electrons. The van der Waals surface area contributed by atoms with E-state index < -0.39 is 10.0 Å². The third-order valence-electron chi connectivity index (χ3n) is 2.47. The fraction of sp³-hybridized carbons (Fsp3) is 0.333. The summed E-state index contributed by atoms with van der Waals surface area (Å²) in [5.41, 5.74) is 6.28. The number of hydrogen-bond acceptors (Lipinski definition) is 3. The van der Waals surface area contributed by atoms with Gasteiger partial charge in [-0.1, -0.05) is 18.9 Å². The van der Waals surface area contributed by atoms with Crippen LogP contribution in [0.2, 0.25) is 0 Å². The quantitative estimate of drug-likeness (QED) is 0.833. The van der Waals surface area contributed by atoms with Crippen LogP contribution in [0, 0.1) is 12.3 Å². The smallest absolute Gasteiger partial charge is 0.245 e. The van der Waals surface area contributed by atoms with Gasteiger partial charge in [-0.3, -0.25) is 0 Å². The lowest BCUT2D eigenvalue weighted by Gasteiger charge is -2.19. The van der Waals surface area contributed by atoms with Gasteiger partial charge in [-0.15, -0.1) is 6.42 Å². The highest BCUT2D eigenvalue weighted by molar-refractivity contribution is 9.10. The Balaban J connectivity index is 3.31. The summed E-state index contributed by atoms with van der Waals surface area (Å²) in [4.78, 5) is 0.197. The average Bonchev–Trinajstić information content (AvgIpc) is 2.36. The van der Waals surface area contributed by atoms with Gasteiger partial charge < -0.3 is 5.73 Å². The molecule has 2 N–H and O–H groups in total. The van der Waals surface area contributed by atoms with Crippen molar-refractivity contribution in [1.82, 2.24) is 4.31 Å². The van der Waals surface area contributed by atoms with Crippen molar-refractivity contribution in [3.8, 4) is 12.3 Å². The van der Waals surface area contributed by atoms with Crippen molar-refractivity contribution in [2.24, 2.45) is 5.73 Å². The summed E-state index contributed by atoms with van der Waals surface area (Å²) in [7, 11) is -3.59. The molecule has 4 nitrogen and oxygen atoms in total. The maximum absolute atomic E-state index is 12.4. The van der Waals surface area contributed by atoms with Gasteiger partial charge in [-0.05, 0) is 33.6 Å². The summed E-state index contributed by atoms with van der Waals surface area (Å²) in [6.07, 6.45) is 5.19. The molecular formula is C12H15BrN2O2S. The van der Waals surface area contributed by atoms with Gasteiger partial charge in [0.25, 0.3) is 0 Å². The van der Waals surface area contributed by atoms with Gasteiger partial charge in [0.05, 0.1) is 11.4 Å². The van der Waals surface area contributed by atoms with E-state index in [4.69, 9.17) is 12.2 Å². The Morgan fingerprint density at radius 1 is 1.50 bits per heavy atom. The maximum atomic E-state index is 12.4. The molecule has 0 saturated carbocycles.